The highest BCUT2D eigenvalue weighted by atomic mass is 79.9. The molecule has 0 fully saturated rings. The fourth-order valence-corrected chi connectivity index (χ4v) is 2.26. The second-order valence-corrected chi connectivity index (χ2v) is 4.93. The van der Waals surface area contributed by atoms with Crippen molar-refractivity contribution in [2.45, 2.75) is 0 Å². The van der Waals surface area contributed by atoms with Crippen molar-refractivity contribution >= 4 is 38.6 Å². The molecule has 0 aliphatic carbocycles. The number of rotatable bonds is 2. The summed E-state index contributed by atoms with van der Waals surface area (Å²) < 4.78 is 2.43. The van der Waals surface area contributed by atoms with Crippen LogP contribution in [-0.2, 0) is 0 Å². The smallest absolute Gasteiger partial charge is 0.409 e. The molecule has 0 aliphatic rings. The van der Waals surface area contributed by atoms with Crippen LogP contribution in [0.15, 0.2) is 47.5 Å². The number of carbonyl (C=O) groups is 1. The number of halogens is 1. The zero-order chi connectivity index (χ0) is 14.1. The number of nitrogens with one attached hydrogen (secondary N) is 1. The highest BCUT2D eigenvalue weighted by Crippen LogP contribution is 2.25. The summed E-state index contributed by atoms with van der Waals surface area (Å²) in [6, 6.07) is 5.51. The van der Waals surface area contributed by atoms with Crippen molar-refractivity contribution < 1.29 is 9.90 Å². The molecule has 2 N–H and O–H groups in total. The van der Waals surface area contributed by atoms with E-state index in [4.69, 9.17) is 5.11 Å². The minimum atomic E-state index is -1.12. The van der Waals surface area contributed by atoms with Gasteiger partial charge in [0.1, 0.15) is 5.82 Å². The Balaban J connectivity index is 2.12. The van der Waals surface area contributed by atoms with Gasteiger partial charge in [0, 0.05) is 30.0 Å². The fourth-order valence-electron chi connectivity index (χ4n) is 1.94. The topological polar surface area (TPSA) is 80.0 Å². The molecule has 1 amide bonds. The van der Waals surface area contributed by atoms with E-state index >= 15 is 0 Å². The van der Waals surface area contributed by atoms with E-state index in [1.807, 2.05) is 22.9 Å². The van der Waals surface area contributed by atoms with Crippen LogP contribution in [0.25, 0.3) is 16.7 Å². The van der Waals surface area contributed by atoms with Crippen LogP contribution >= 0.6 is 15.9 Å². The minimum Gasteiger partial charge on any atom is -0.465 e. The van der Waals surface area contributed by atoms with E-state index in [-0.39, 0.29) is 0 Å². The highest BCUT2D eigenvalue weighted by molar-refractivity contribution is 9.10. The van der Waals surface area contributed by atoms with Gasteiger partial charge in [0.25, 0.3) is 0 Å². The van der Waals surface area contributed by atoms with Crippen LogP contribution in [0.5, 0.6) is 0 Å². The van der Waals surface area contributed by atoms with E-state index < -0.39 is 6.09 Å². The Kier molecular flexibility index (Phi) is 3.11. The van der Waals surface area contributed by atoms with Crippen LogP contribution in [-0.4, -0.2) is 25.7 Å². The maximum absolute atomic E-state index is 10.8. The molecule has 6 nitrogen and oxygen atoms in total. The third-order valence-electron chi connectivity index (χ3n) is 2.82. The van der Waals surface area contributed by atoms with Gasteiger partial charge in [-0.2, -0.15) is 0 Å². The predicted molar refractivity (Wildman–Crippen MR) is 78.2 cm³/mol. The monoisotopic (exact) mass is 332 g/mol. The molecule has 3 aromatic heterocycles. The molecule has 0 aliphatic heterocycles. The first-order chi connectivity index (χ1) is 9.65. The molecule has 100 valence electrons. The molecule has 0 radical (unpaired) electrons. The van der Waals surface area contributed by atoms with Gasteiger partial charge in [-0.1, -0.05) is 0 Å². The molecule has 0 unspecified atom stereocenters. The molecule has 3 rings (SSSR count). The molecule has 0 saturated heterocycles. The summed E-state index contributed by atoms with van der Waals surface area (Å²) in [5, 5.41) is 12.2. The number of pyridine rings is 2. The largest absolute Gasteiger partial charge is 0.465 e. The van der Waals surface area contributed by atoms with Crippen LogP contribution in [0.3, 0.4) is 0 Å². The van der Waals surface area contributed by atoms with Crippen LogP contribution in [0.2, 0.25) is 0 Å². The third-order valence-corrected chi connectivity index (χ3v) is 3.46. The molecular formula is C13H9BrN4O2. The lowest BCUT2D eigenvalue weighted by atomic mass is 10.3. The number of amides is 1. The molecule has 3 heterocycles. The maximum Gasteiger partial charge on any atom is 0.409 e. The molecule has 0 aromatic carbocycles. The zero-order valence-electron chi connectivity index (χ0n) is 10.1. The van der Waals surface area contributed by atoms with Gasteiger partial charge in [-0.15, -0.1) is 0 Å². The van der Waals surface area contributed by atoms with Gasteiger partial charge in [0.05, 0.1) is 21.9 Å². The van der Waals surface area contributed by atoms with E-state index in [1.54, 1.807) is 24.7 Å². The minimum absolute atomic E-state index is 0.438. The van der Waals surface area contributed by atoms with Gasteiger partial charge >= 0.3 is 6.09 Å². The van der Waals surface area contributed by atoms with Crippen molar-refractivity contribution in [3.05, 3.63) is 47.5 Å². The van der Waals surface area contributed by atoms with Crippen molar-refractivity contribution in [3.8, 4) is 5.82 Å². The van der Waals surface area contributed by atoms with Crippen molar-refractivity contribution in [2.75, 3.05) is 5.32 Å². The normalized spacial score (nSPS) is 10.7. The number of hydrogen-bond donors (Lipinski definition) is 2. The van der Waals surface area contributed by atoms with Crippen molar-refractivity contribution in [1.82, 2.24) is 14.5 Å². The lowest BCUT2D eigenvalue weighted by Crippen LogP contribution is -2.09. The van der Waals surface area contributed by atoms with Gasteiger partial charge in [0.2, 0.25) is 0 Å². The second kappa shape index (κ2) is 4.93. The Morgan fingerprint density at radius 1 is 1.35 bits per heavy atom. The van der Waals surface area contributed by atoms with Gasteiger partial charge in [0.15, 0.2) is 0 Å². The van der Waals surface area contributed by atoms with Crippen molar-refractivity contribution in [3.63, 3.8) is 0 Å². The van der Waals surface area contributed by atoms with Crippen LogP contribution in [0, 0.1) is 0 Å². The molecule has 0 atom stereocenters. The maximum atomic E-state index is 10.8. The number of aromatic nitrogens is 3. The molecule has 7 heteroatoms. The van der Waals surface area contributed by atoms with Gasteiger partial charge < -0.3 is 5.11 Å². The Morgan fingerprint density at radius 3 is 3.00 bits per heavy atom. The molecular weight excluding hydrogens is 324 g/mol. The Morgan fingerprint density at radius 2 is 2.20 bits per heavy atom. The van der Waals surface area contributed by atoms with E-state index in [9.17, 15) is 4.79 Å². The van der Waals surface area contributed by atoms with E-state index in [0.29, 0.717) is 16.0 Å². The summed E-state index contributed by atoms with van der Waals surface area (Å²) in [5.41, 5.74) is 1.34. The lowest BCUT2D eigenvalue weighted by molar-refractivity contribution is 0.209. The zero-order valence-corrected chi connectivity index (χ0v) is 11.7. The Hall–Kier alpha value is -2.41. The van der Waals surface area contributed by atoms with Gasteiger partial charge in [-0.05, 0) is 28.1 Å². The first-order valence-corrected chi connectivity index (χ1v) is 6.51. The first kappa shape index (κ1) is 12.6. The average Bonchev–Trinajstić information content (AvgIpc) is 2.85. The molecule has 20 heavy (non-hydrogen) atoms. The Labute approximate surface area is 122 Å². The lowest BCUT2D eigenvalue weighted by Gasteiger charge is -2.08. The molecule has 0 bridgehead atoms. The van der Waals surface area contributed by atoms with E-state index in [1.165, 1.54) is 0 Å². The summed E-state index contributed by atoms with van der Waals surface area (Å²) in [7, 11) is 0. The predicted octanol–water partition coefficient (Wildman–Crippen LogP) is 3.27. The van der Waals surface area contributed by atoms with Gasteiger partial charge in [-0.25, -0.2) is 9.78 Å². The SMILES string of the molecule is O=C(O)Nc1cc(-n2ccc3ccncc32)ncc1Br. The van der Waals surface area contributed by atoms with Crippen molar-refractivity contribution in [1.29, 1.82) is 0 Å². The van der Waals surface area contributed by atoms with E-state index in [2.05, 4.69) is 31.2 Å². The number of fused-ring (bicyclic) bond motifs is 1. The summed E-state index contributed by atoms with van der Waals surface area (Å²) in [6.45, 7) is 0. The fraction of sp³-hybridized carbons (Fsp3) is 0. The highest BCUT2D eigenvalue weighted by Gasteiger charge is 2.09. The summed E-state index contributed by atoms with van der Waals surface area (Å²) >= 11 is 3.26. The molecule has 0 spiro atoms. The van der Waals surface area contributed by atoms with Crippen LogP contribution in [0.4, 0.5) is 10.5 Å². The quantitative estimate of drug-likeness (QED) is 0.754. The number of hydrogen-bond acceptors (Lipinski definition) is 3. The molecule has 0 saturated carbocycles. The standard InChI is InChI=1S/C13H9BrN4O2/c14-9-6-16-12(5-10(9)17-13(19)20)18-4-2-8-1-3-15-7-11(8)18/h1-7H,(H,16,17)(H,19,20). The molecule has 3 aromatic rings. The second-order valence-electron chi connectivity index (χ2n) is 4.07. The number of anilines is 1. The van der Waals surface area contributed by atoms with Crippen molar-refractivity contribution in [2.24, 2.45) is 0 Å². The van der Waals surface area contributed by atoms with Gasteiger partial charge in [-0.3, -0.25) is 14.9 Å². The first-order valence-electron chi connectivity index (χ1n) is 5.72. The number of nitrogens with zero attached hydrogens (tertiary/aromatic N) is 3. The Bertz CT molecular complexity index is 800. The number of carboxylic acid groups (broad SMARTS) is 1. The van der Waals surface area contributed by atoms with Crippen LogP contribution in [0.1, 0.15) is 0 Å². The van der Waals surface area contributed by atoms with E-state index in [0.717, 1.165) is 10.9 Å². The summed E-state index contributed by atoms with van der Waals surface area (Å²) in [6.07, 6.45) is 5.76. The summed E-state index contributed by atoms with van der Waals surface area (Å²) in [4.78, 5) is 19.1. The van der Waals surface area contributed by atoms with Crippen LogP contribution < -0.4 is 5.32 Å². The third kappa shape index (κ3) is 2.23. The average molecular weight is 333 g/mol. The summed E-state index contributed by atoms with van der Waals surface area (Å²) in [5.74, 6) is 0.611.